The van der Waals surface area contributed by atoms with Crippen molar-refractivity contribution in [1.29, 1.82) is 0 Å². The van der Waals surface area contributed by atoms with Crippen molar-refractivity contribution >= 4 is 18.0 Å². The van der Waals surface area contributed by atoms with E-state index in [1.807, 2.05) is 31.2 Å². The molecule has 126 valence electrons. The van der Waals surface area contributed by atoms with E-state index in [-0.39, 0.29) is 6.61 Å². The molecule has 0 unspecified atom stereocenters. The van der Waals surface area contributed by atoms with Gasteiger partial charge in [-0.15, -0.1) is 0 Å². The van der Waals surface area contributed by atoms with Crippen molar-refractivity contribution in [3.05, 3.63) is 29.8 Å². The molecule has 1 N–H and O–H groups in total. The molecule has 23 heavy (non-hydrogen) atoms. The van der Waals surface area contributed by atoms with E-state index in [9.17, 15) is 9.59 Å². The first kappa shape index (κ1) is 18.5. The minimum atomic E-state index is -1.12. The quantitative estimate of drug-likeness (QED) is 0.779. The Hall–Kier alpha value is -2.50. The molecule has 6 heteroatoms. The van der Waals surface area contributed by atoms with Gasteiger partial charge >= 0.3 is 5.97 Å². The van der Waals surface area contributed by atoms with Crippen LogP contribution in [0.4, 0.5) is 0 Å². The van der Waals surface area contributed by atoms with Gasteiger partial charge in [0.25, 0.3) is 5.91 Å². The SMILES string of the molecule is C/C=C/c1ccc(OCC(=O)NC(C)(C)C(=O)OC)c(OC)c1. The molecule has 1 aromatic carbocycles. The van der Waals surface area contributed by atoms with Crippen LogP contribution in [0.1, 0.15) is 26.3 Å². The fourth-order valence-electron chi connectivity index (χ4n) is 1.93. The number of hydrogen-bond donors (Lipinski definition) is 1. The Morgan fingerprint density at radius 1 is 1.22 bits per heavy atom. The van der Waals surface area contributed by atoms with Crippen LogP contribution in [0.5, 0.6) is 11.5 Å². The van der Waals surface area contributed by atoms with E-state index in [1.54, 1.807) is 19.9 Å². The van der Waals surface area contributed by atoms with Gasteiger partial charge in [0.15, 0.2) is 18.1 Å². The molecule has 0 radical (unpaired) electrons. The van der Waals surface area contributed by atoms with Crippen molar-refractivity contribution in [1.82, 2.24) is 5.32 Å². The molecular formula is C17H23NO5. The van der Waals surface area contributed by atoms with Gasteiger partial charge in [-0.25, -0.2) is 4.79 Å². The predicted octanol–water partition coefficient (Wildman–Crippen LogP) is 2.17. The standard InChI is InChI=1S/C17H23NO5/c1-6-7-12-8-9-13(14(10-12)21-4)23-11-15(19)18-17(2,3)16(20)22-5/h6-10H,11H2,1-5H3,(H,18,19)/b7-6+. The molecule has 0 fully saturated rings. The maximum absolute atomic E-state index is 11.9. The average Bonchev–Trinajstić information content (AvgIpc) is 2.52. The number of carbonyl (C=O) groups is 2. The molecule has 6 nitrogen and oxygen atoms in total. The van der Waals surface area contributed by atoms with Gasteiger partial charge in [0.2, 0.25) is 0 Å². The molecule has 1 rings (SSSR count). The van der Waals surface area contributed by atoms with Crippen LogP contribution in [-0.2, 0) is 14.3 Å². The van der Waals surface area contributed by atoms with Gasteiger partial charge in [-0.2, -0.15) is 0 Å². The summed E-state index contributed by atoms with van der Waals surface area (Å²) in [5.41, 5.74) is -0.150. The van der Waals surface area contributed by atoms with E-state index >= 15 is 0 Å². The first-order valence-electron chi connectivity index (χ1n) is 7.17. The molecule has 1 aromatic rings. The molecule has 0 saturated carbocycles. The molecule has 0 aliphatic rings. The minimum Gasteiger partial charge on any atom is -0.493 e. The third-order valence-electron chi connectivity index (χ3n) is 3.05. The van der Waals surface area contributed by atoms with E-state index in [0.29, 0.717) is 11.5 Å². The lowest BCUT2D eigenvalue weighted by atomic mass is 10.1. The topological polar surface area (TPSA) is 73.9 Å². The van der Waals surface area contributed by atoms with Gasteiger partial charge in [0.05, 0.1) is 14.2 Å². The van der Waals surface area contributed by atoms with Gasteiger partial charge in [0, 0.05) is 0 Å². The predicted molar refractivity (Wildman–Crippen MR) is 87.4 cm³/mol. The van der Waals surface area contributed by atoms with Crippen molar-refractivity contribution in [2.24, 2.45) is 0 Å². The van der Waals surface area contributed by atoms with Gasteiger partial charge < -0.3 is 19.5 Å². The number of ether oxygens (including phenoxy) is 3. The molecule has 0 bridgehead atoms. The van der Waals surface area contributed by atoms with E-state index in [1.165, 1.54) is 14.2 Å². The Bertz CT molecular complexity index is 593. The number of methoxy groups -OCH3 is 2. The van der Waals surface area contributed by atoms with Crippen LogP contribution in [0, 0.1) is 0 Å². The third-order valence-corrected chi connectivity index (χ3v) is 3.05. The van der Waals surface area contributed by atoms with Crippen molar-refractivity contribution in [2.45, 2.75) is 26.3 Å². The summed E-state index contributed by atoms with van der Waals surface area (Å²) in [4.78, 5) is 23.5. The van der Waals surface area contributed by atoms with Crippen LogP contribution in [0.3, 0.4) is 0 Å². The van der Waals surface area contributed by atoms with Crippen LogP contribution < -0.4 is 14.8 Å². The average molecular weight is 321 g/mol. The Morgan fingerprint density at radius 3 is 2.48 bits per heavy atom. The van der Waals surface area contributed by atoms with Crippen LogP contribution in [0.25, 0.3) is 6.08 Å². The number of benzene rings is 1. The normalized spacial score (nSPS) is 11.2. The zero-order valence-corrected chi connectivity index (χ0v) is 14.1. The summed E-state index contributed by atoms with van der Waals surface area (Å²) >= 11 is 0. The van der Waals surface area contributed by atoms with Crippen molar-refractivity contribution < 1.29 is 23.8 Å². The van der Waals surface area contributed by atoms with Gasteiger partial charge in [-0.05, 0) is 38.5 Å². The lowest BCUT2D eigenvalue weighted by Crippen LogP contribution is -2.51. The molecule has 0 aliphatic carbocycles. The van der Waals surface area contributed by atoms with Crippen LogP contribution in [-0.4, -0.2) is 38.2 Å². The first-order valence-corrected chi connectivity index (χ1v) is 7.17. The molecule has 0 aliphatic heterocycles. The fraction of sp³-hybridized carbons (Fsp3) is 0.412. The number of hydrogen-bond acceptors (Lipinski definition) is 5. The van der Waals surface area contributed by atoms with E-state index in [2.05, 4.69) is 10.1 Å². The highest BCUT2D eigenvalue weighted by atomic mass is 16.5. The molecule has 0 heterocycles. The molecule has 0 saturated heterocycles. The summed E-state index contributed by atoms with van der Waals surface area (Å²) in [6.45, 7) is 4.80. The second-order valence-electron chi connectivity index (χ2n) is 5.36. The van der Waals surface area contributed by atoms with Crippen LogP contribution in [0.2, 0.25) is 0 Å². The number of nitrogens with one attached hydrogen (secondary N) is 1. The van der Waals surface area contributed by atoms with Crippen molar-refractivity contribution in [3.63, 3.8) is 0 Å². The largest absolute Gasteiger partial charge is 0.493 e. The van der Waals surface area contributed by atoms with E-state index in [4.69, 9.17) is 9.47 Å². The second-order valence-corrected chi connectivity index (χ2v) is 5.36. The molecule has 0 spiro atoms. The van der Waals surface area contributed by atoms with Gasteiger partial charge in [0.1, 0.15) is 5.54 Å². The second kappa shape index (κ2) is 8.22. The Balaban J connectivity index is 2.71. The number of carbonyl (C=O) groups excluding carboxylic acids is 2. The summed E-state index contributed by atoms with van der Waals surface area (Å²) in [6.07, 6.45) is 3.84. The monoisotopic (exact) mass is 321 g/mol. The highest BCUT2D eigenvalue weighted by molar-refractivity contribution is 5.87. The first-order chi connectivity index (χ1) is 10.8. The fourth-order valence-corrected chi connectivity index (χ4v) is 1.93. The van der Waals surface area contributed by atoms with Gasteiger partial charge in [-0.1, -0.05) is 18.2 Å². The molecular weight excluding hydrogens is 298 g/mol. The Kier molecular flexibility index (Phi) is 6.63. The zero-order chi connectivity index (χ0) is 17.5. The maximum Gasteiger partial charge on any atom is 0.330 e. The maximum atomic E-state index is 11.9. The van der Waals surface area contributed by atoms with E-state index < -0.39 is 17.4 Å². The highest BCUT2D eigenvalue weighted by Crippen LogP contribution is 2.28. The third kappa shape index (κ3) is 5.32. The number of esters is 1. The number of amides is 1. The van der Waals surface area contributed by atoms with E-state index in [0.717, 1.165) is 5.56 Å². The Labute approximate surface area is 136 Å². The Morgan fingerprint density at radius 2 is 1.91 bits per heavy atom. The van der Waals surface area contributed by atoms with Gasteiger partial charge in [-0.3, -0.25) is 4.79 Å². The van der Waals surface area contributed by atoms with Crippen LogP contribution >= 0.6 is 0 Å². The number of allylic oxidation sites excluding steroid dienone is 1. The highest BCUT2D eigenvalue weighted by Gasteiger charge is 2.30. The van der Waals surface area contributed by atoms with Crippen molar-refractivity contribution in [3.8, 4) is 11.5 Å². The lowest BCUT2D eigenvalue weighted by Gasteiger charge is -2.23. The summed E-state index contributed by atoms with van der Waals surface area (Å²) in [5.74, 6) is 0.0199. The van der Waals surface area contributed by atoms with Crippen LogP contribution in [0.15, 0.2) is 24.3 Å². The summed E-state index contributed by atoms with van der Waals surface area (Å²) < 4.78 is 15.4. The number of rotatable bonds is 7. The smallest absolute Gasteiger partial charge is 0.330 e. The zero-order valence-electron chi connectivity index (χ0n) is 14.1. The summed E-state index contributed by atoms with van der Waals surface area (Å²) in [5, 5.41) is 2.56. The molecule has 0 atom stereocenters. The lowest BCUT2D eigenvalue weighted by molar-refractivity contribution is -0.149. The molecule has 0 aromatic heterocycles. The summed E-state index contributed by atoms with van der Waals surface area (Å²) in [6, 6.07) is 5.40. The summed E-state index contributed by atoms with van der Waals surface area (Å²) in [7, 11) is 2.80. The van der Waals surface area contributed by atoms with Crippen molar-refractivity contribution in [2.75, 3.05) is 20.8 Å². The minimum absolute atomic E-state index is 0.236. The molecule has 1 amide bonds.